The van der Waals surface area contributed by atoms with Gasteiger partial charge in [-0.2, -0.15) is 0 Å². The molecular weight excluding hydrogens is 388 g/mol. The standard InChI is InChI=1S/C21H24N4O3S/c1-6-9-25-20(26)19-18(15-10-14(27-5)7-8-17(15)24(19)4)22-21(25)29-11-16-12(2)23-28-13(16)3/h7-8,10H,6,9,11H2,1-5H3. The third kappa shape index (κ3) is 3.21. The quantitative estimate of drug-likeness (QED) is 0.349. The molecule has 1 aromatic carbocycles. The molecule has 3 heterocycles. The minimum absolute atomic E-state index is 0.0178. The highest BCUT2D eigenvalue weighted by Crippen LogP contribution is 2.31. The Labute approximate surface area is 172 Å². The van der Waals surface area contributed by atoms with Gasteiger partial charge >= 0.3 is 0 Å². The van der Waals surface area contributed by atoms with Gasteiger partial charge in [0.2, 0.25) is 0 Å². The minimum Gasteiger partial charge on any atom is -0.497 e. The highest BCUT2D eigenvalue weighted by Gasteiger charge is 2.19. The van der Waals surface area contributed by atoms with Gasteiger partial charge in [-0.1, -0.05) is 23.8 Å². The molecule has 3 aromatic heterocycles. The summed E-state index contributed by atoms with van der Waals surface area (Å²) in [6.07, 6.45) is 0.851. The maximum atomic E-state index is 13.4. The van der Waals surface area contributed by atoms with E-state index in [-0.39, 0.29) is 5.56 Å². The van der Waals surface area contributed by atoms with Crippen LogP contribution < -0.4 is 10.3 Å². The molecule has 0 aliphatic rings. The summed E-state index contributed by atoms with van der Waals surface area (Å²) in [4.78, 5) is 18.3. The molecule has 0 aliphatic heterocycles. The SMILES string of the molecule is CCCn1c(SCc2c(C)noc2C)nc2c3cc(OC)ccc3n(C)c2c1=O. The van der Waals surface area contributed by atoms with Crippen LogP contribution in [0.25, 0.3) is 21.9 Å². The molecule has 29 heavy (non-hydrogen) atoms. The lowest BCUT2D eigenvalue weighted by Crippen LogP contribution is -2.24. The summed E-state index contributed by atoms with van der Waals surface area (Å²) in [7, 11) is 3.55. The third-order valence-corrected chi connectivity index (χ3v) is 6.24. The number of benzene rings is 1. The van der Waals surface area contributed by atoms with Gasteiger partial charge in [0.1, 0.15) is 22.5 Å². The van der Waals surface area contributed by atoms with E-state index in [2.05, 4.69) is 12.1 Å². The number of hydrogen-bond donors (Lipinski definition) is 0. The van der Waals surface area contributed by atoms with E-state index in [4.69, 9.17) is 14.2 Å². The Morgan fingerprint density at radius 2 is 2.07 bits per heavy atom. The fourth-order valence-electron chi connectivity index (χ4n) is 3.64. The number of nitrogens with zero attached hydrogens (tertiary/aromatic N) is 4. The number of aryl methyl sites for hydroxylation is 3. The van der Waals surface area contributed by atoms with E-state index in [0.717, 1.165) is 40.1 Å². The van der Waals surface area contributed by atoms with Crippen molar-refractivity contribution in [3.05, 3.63) is 45.6 Å². The largest absolute Gasteiger partial charge is 0.497 e. The molecule has 0 spiro atoms. The zero-order valence-corrected chi connectivity index (χ0v) is 18.1. The molecule has 4 rings (SSSR count). The molecule has 0 radical (unpaired) electrons. The van der Waals surface area contributed by atoms with Crippen molar-refractivity contribution >= 4 is 33.7 Å². The molecular formula is C21H24N4O3S. The number of hydrogen-bond acceptors (Lipinski definition) is 6. The van der Waals surface area contributed by atoms with Crippen molar-refractivity contribution in [2.75, 3.05) is 7.11 Å². The average molecular weight is 413 g/mol. The van der Waals surface area contributed by atoms with E-state index in [1.165, 1.54) is 0 Å². The Kier molecular flexibility index (Phi) is 5.12. The van der Waals surface area contributed by atoms with E-state index >= 15 is 0 Å². The number of fused-ring (bicyclic) bond motifs is 3. The number of rotatable bonds is 6. The lowest BCUT2D eigenvalue weighted by molar-refractivity contribution is 0.392. The van der Waals surface area contributed by atoms with Crippen LogP contribution in [0, 0.1) is 13.8 Å². The third-order valence-electron chi connectivity index (χ3n) is 5.24. The first-order chi connectivity index (χ1) is 14.0. The first kappa shape index (κ1) is 19.6. The lowest BCUT2D eigenvalue weighted by Gasteiger charge is -2.11. The van der Waals surface area contributed by atoms with E-state index in [1.54, 1.807) is 23.4 Å². The first-order valence-electron chi connectivity index (χ1n) is 9.57. The lowest BCUT2D eigenvalue weighted by atomic mass is 10.2. The van der Waals surface area contributed by atoms with Crippen molar-refractivity contribution in [1.29, 1.82) is 0 Å². The topological polar surface area (TPSA) is 75.1 Å². The minimum atomic E-state index is -0.0178. The number of ether oxygens (including phenoxy) is 1. The smallest absolute Gasteiger partial charge is 0.278 e. The van der Waals surface area contributed by atoms with E-state index in [9.17, 15) is 4.79 Å². The zero-order chi connectivity index (χ0) is 20.7. The molecule has 152 valence electrons. The second kappa shape index (κ2) is 7.59. The number of aromatic nitrogens is 4. The van der Waals surface area contributed by atoms with Crippen LogP contribution in [0.1, 0.15) is 30.4 Å². The molecule has 0 saturated heterocycles. The van der Waals surface area contributed by atoms with Gasteiger partial charge in [-0.05, 0) is 38.5 Å². The fraction of sp³-hybridized carbons (Fsp3) is 0.381. The number of methoxy groups -OCH3 is 1. The van der Waals surface area contributed by atoms with Gasteiger partial charge in [-0.25, -0.2) is 4.98 Å². The average Bonchev–Trinajstić information content (AvgIpc) is 3.19. The van der Waals surface area contributed by atoms with Gasteiger partial charge in [-0.15, -0.1) is 0 Å². The van der Waals surface area contributed by atoms with E-state index in [1.807, 2.05) is 43.7 Å². The fourth-order valence-corrected chi connectivity index (χ4v) is 4.81. The summed E-state index contributed by atoms with van der Waals surface area (Å²) >= 11 is 1.54. The second-order valence-electron chi connectivity index (χ2n) is 7.08. The Bertz CT molecular complexity index is 1250. The predicted octanol–water partition coefficient (Wildman–Crippen LogP) is 4.20. The van der Waals surface area contributed by atoms with Gasteiger partial charge in [0.05, 0.1) is 18.3 Å². The Hall–Kier alpha value is -2.74. The van der Waals surface area contributed by atoms with Crippen molar-refractivity contribution in [1.82, 2.24) is 19.3 Å². The molecule has 0 amide bonds. The summed E-state index contributed by atoms with van der Waals surface area (Å²) in [5, 5.41) is 5.65. The second-order valence-corrected chi connectivity index (χ2v) is 8.02. The summed E-state index contributed by atoms with van der Waals surface area (Å²) in [6, 6.07) is 5.81. The van der Waals surface area contributed by atoms with Gasteiger partial charge in [0, 0.05) is 30.3 Å². The molecule has 0 bridgehead atoms. The van der Waals surface area contributed by atoms with Crippen molar-refractivity contribution in [3.63, 3.8) is 0 Å². The molecule has 0 unspecified atom stereocenters. The summed E-state index contributed by atoms with van der Waals surface area (Å²) in [5.41, 5.74) is 4.18. The normalized spacial score (nSPS) is 11.6. The van der Waals surface area contributed by atoms with E-state index in [0.29, 0.717) is 28.5 Å². The molecule has 0 saturated carbocycles. The maximum Gasteiger partial charge on any atom is 0.278 e. The Morgan fingerprint density at radius 3 is 2.72 bits per heavy atom. The summed E-state index contributed by atoms with van der Waals surface area (Å²) in [5.74, 6) is 2.20. The molecule has 4 aromatic rings. The van der Waals surface area contributed by atoms with Crippen LogP contribution in [0.15, 0.2) is 32.7 Å². The van der Waals surface area contributed by atoms with Gasteiger partial charge in [0.15, 0.2) is 5.16 Å². The highest BCUT2D eigenvalue weighted by molar-refractivity contribution is 7.98. The van der Waals surface area contributed by atoms with Crippen LogP contribution in [0.3, 0.4) is 0 Å². The van der Waals surface area contributed by atoms with Crippen molar-refractivity contribution in [2.24, 2.45) is 7.05 Å². The monoisotopic (exact) mass is 412 g/mol. The Balaban J connectivity index is 1.91. The van der Waals surface area contributed by atoms with E-state index < -0.39 is 0 Å². The first-order valence-corrected chi connectivity index (χ1v) is 10.6. The van der Waals surface area contributed by atoms with Crippen LogP contribution in [-0.2, 0) is 19.3 Å². The van der Waals surface area contributed by atoms with Gasteiger partial charge < -0.3 is 13.8 Å². The van der Waals surface area contributed by atoms with Crippen LogP contribution in [0.5, 0.6) is 5.75 Å². The predicted molar refractivity (Wildman–Crippen MR) is 115 cm³/mol. The van der Waals surface area contributed by atoms with Crippen LogP contribution >= 0.6 is 11.8 Å². The maximum absolute atomic E-state index is 13.4. The molecule has 0 N–H and O–H groups in total. The van der Waals surface area contributed by atoms with Crippen LogP contribution in [-0.4, -0.2) is 26.4 Å². The van der Waals surface area contributed by atoms with Crippen LogP contribution in [0.4, 0.5) is 0 Å². The van der Waals surface area contributed by atoms with Gasteiger partial charge in [0.25, 0.3) is 5.56 Å². The summed E-state index contributed by atoms with van der Waals surface area (Å²) in [6.45, 7) is 6.52. The zero-order valence-electron chi connectivity index (χ0n) is 17.3. The van der Waals surface area contributed by atoms with Crippen LogP contribution in [0.2, 0.25) is 0 Å². The molecule has 0 atom stereocenters. The van der Waals surface area contributed by atoms with Crippen molar-refractivity contribution < 1.29 is 9.26 Å². The number of thioether (sulfide) groups is 1. The molecule has 0 aliphatic carbocycles. The highest BCUT2D eigenvalue weighted by atomic mass is 32.2. The van der Waals surface area contributed by atoms with Crippen molar-refractivity contribution in [2.45, 2.75) is 44.6 Å². The van der Waals surface area contributed by atoms with Gasteiger partial charge in [-0.3, -0.25) is 9.36 Å². The molecule has 8 heteroatoms. The molecule has 7 nitrogen and oxygen atoms in total. The Morgan fingerprint density at radius 1 is 1.28 bits per heavy atom. The van der Waals surface area contributed by atoms with Crippen molar-refractivity contribution in [3.8, 4) is 5.75 Å². The summed E-state index contributed by atoms with van der Waals surface area (Å²) < 4.78 is 14.4. The molecule has 0 fully saturated rings.